The summed E-state index contributed by atoms with van der Waals surface area (Å²) in [5, 5.41) is 14.4. The fraction of sp³-hybridized carbons (Fsp3) is 0.222. The van der Waals surface area contributed by atoms with Gasteiger partial charge in [-0.1, -0.05) is 12.1 Å². The van der Waals surface area contributed by atoms with E-state index in [0.29, 0.717) is 16.9 Å². The van der Waals surface area contributed by atoms with Crippen LogP contribution in [-0.2, 0) is 14.8 Å². The SMILES string of the molecule is COc1ccc(S(=O)(=O)N(C)CC(=O)N/N=C\c2cccc([N+](=O)[O-])c2)cc1C. The third-order valence-electron chi connectivity index (χ3n) is 3.92. The van der Waals surface area contributed by atoms with Gasteiger partial charge in [0.15, 0.2) is 0 Å². The largest absolute Gasteiger partial charge is 0.496 e. The molecule has 0 heterocycles. The van der Waals surface area contributed by atoms with Gasteiger partial charge >= 0.3 is 0 Å². The van der Waals surface area contributed by atoms with Crippen LogP contribution in [-0.4, -0.2) is 50.5 Å². The van der Waals surface area contributed by atoms with Gasteiger partial charge in [-0.25, -0.2) is 13.8 Å². The third-order valence-corrected chi connectivity index (χ3v) is 5.72. The predicted octanol–water partition coefficient (Wildman–Crippen LogP) is 1.68. The van der Waals surface area contributed by atoms with E-state index in [4.69, 9.17) is 4.74 Å². The number of likely N-dealkylation sites (N-methyl/N-ethyl adjacent to an activating group) is 1. The number of nitrogens with one attached hydrogen (secondary N) is 1. The molecule has 0 unspecified atom stereocenters. The summed E-state index contributed by atoms with van der Waals surface area (Å²) in [6.07, 6.45) is 1.23. The lowest BCUT2D eigenvalue weighted by Crippen LogP contribution is -2.36. The second-order valence-electron chi connectivity index (χ2n) is 6.04. The average Bonchev–Trinajstić information content (AvgIpc) is 2.68. The maximum absolute atomic E-state index is 12.6. The van der Waals surface area contributed by atoms with Crippen LogP contribution < -0.4 is 10.2 Å². The Balaban J connectivity index is 2.01. The van der Waals surface area contributed by atoms with Gasteiger partial charge < -0.3 is 4.74 Å². The molecule has 0 aliphatic rings. The van der Waals surface area contributed by atoms with Gasteiger partial charge in [-0.3, -0.25) is 14.9 Å². The van der Waals surface area contributed by atoms with Crippen LogP contribution >= 0.6 is 0 Å². The van der Waals surface area contributed by atoms with Gasteiger partial charge in [0.25, 0.3) is 11.6 Å². The minimum absolute atomic E-state index is 0.0335. The van der Waals surface area contributed by atoms with Crippen molar-refractivity contribution in [3.8, 4) is 5.75 Å². The second-order valence-corrected chi connectivity index (χ2v) is 8.08. The maximum atomic E-state index is 12.6. The van der Waals surface area contributed by atoms with Crippen molar-refractivity contribution in [1.82, 2.24) is 9.73 Å². The van der Waals surface area contributed by atoms with E-state index in [1.165, 1.54) is 50.7 Å². The molecule has 0 saturated heterocycles. The highest BCUT2D eigenvalue weighted by Crippen LogP contribution is 2.23. The number of nitro groups is 1. The number of nitrogens with zero attached hydrogens (tertiary/aromatic N) is 3. The Hall–Kier alpha value is -3.31. The van der Waals surface area contributed by atoms with Gasteiger partial charge in [0.05, 0.1) is 29.7 Å². The molecule has 2 aromatic carbocycles. The molecule has 0 spiro atoms. The molecule has 154 valence electrons. The first-order valence-corrected chi connectivity index (χ1v) is 9.76. The van der Waals surface area contributed by atoms with E-state index >= 15 is 0 Å². The quantitative estimate of drug-likeness (QED) is 0.393. The summed E-state index contributed by atoms with van der Waals surface area (Å²) >= 11 is 0. The topological polar surface area (TPSA) is 131 Å². The van der Waals surface area contributed by atoms with Gasteiger partial charge in [-0.15, -0.1) is 0 Å². The minimum atomic E-state index is -3.88. The van der Waals surface area contributed by atoms with E-state index in [0.717, 1.165) is 4.31 Å². The van der Waals surface area contributed by atoms with Crippen molar-refractivity contribution in [2.45, 2.75) is 11.8 Å². The predicted molar refractivity (Wildman–Crippen MR) is 106 cm³/mol. The minimum Gasteiger partial charge on any atom is -0.496 e. The van der Waals surface area contributed by atoms with Crippen LogP contribution in [0.3, 0.4) is 0 Å². The summed E-state index contributed by atoms with van der Waals surface area (Å²) in [6.45, 7) is 1.26. The highest BCUT2D eigenvalue weighted by Gasteiger charge is 2.23. The number of carbonyl (C=O) groups excluding carboxylic acids is 1. The molecule has 29 heavy (non-hydrogen) atoms. The van der Waals surface area contributed by atoms with E-state index in [1.54, 1.807) is 19.1 Å². The van der Waals surface area contributed by atoms with Crippen LogP contribution in [0.15, 0.2) is 52.5 Å². The number of hydrogen-bond donors (Lipinski definition) is 1. The summed E-state index contributed by atoms with van der Waals surface area (Å²) in [5.41, 5.74) is 3.15. The standard InChI is InChI=1S/C18H20N4O6S/c1-13-9-16(7-8-17(13)28-3)29(26,27)21(2)12-18(23)20-19-11-14-5-4-6-15(10-14)22(24)25/h4-11H,12H2,1-3H3,(H,20,23)/b19-11-. The molecular weight excluding hydrogens is 400 g/mol. The summed E-state index contributed by atoms with van der Waals surface area (Å²) in [5.74, 6) is -0.108. The summed E-state index contributed by atoms with van der Waals surface area (Å²) in [6, 6.07) is 10.1. The molecule has 0 aromatic heterocycles. The molecule has 2 aromatic rings. The van der Waals surface area contributed by atoms with E-state index < -0.39 is 27.4 Å². The number of sulfonamides is 1. The monoisotopic (exact) mass is 420 g/mol. The number of nitro benzene ring substituents is 1. The van der Waals surface area contributed by atoms with E-state index in [9.17, 15) is 23.3 Å². The summed E-state index contributed by atoms with van der Waals surface area (Å²) in [4.78, 5) is 22.2. The number of non-ortho nitro benzene ring substituents is 1. The van der Waals surface area contributed by atoms with Crippen molar-refractivity contribution < 1.29 is 22.9 Å². The van der Waals surface area contributed by atoms with Crippen LogP contribution in [0, 0.1) is 17.0 Å². The molecule has 0 aliphatic heterocycles. The Kier molecular flexibility index (Phi) is 7.02. The van der Waals surface area contributed by atoms with E-state index in [2.05, 4.69) is 10.5 Å². The Morgan fingerprint density at radius 2 is 2.03 bits per heavy atom. The van der Waals surface area contributed by atoms with Crippen molar-refractivity contribution >= 4 is 27.8 Å². The molecule has 0 radical (unpaired) electrons. The number of ether oxygens (including phenoxy) is 1. The fourth-order valence-corrected chi connectivity index (χ4v) is 3.62. The highest BCUT2D eigenvalue weighted by molar-refractivity contribution is 7.89. The van der Waals surface area contributed by atoms with Crippen molar-refractivity contribution in [3.63, 3.8) is 0 Å². The van der Waals surface area contributed by atoms with E-state index in [1.807, 2.05) is 0 Å². The zero-order valence-corrected chi connectivity index (χ0v) is 16.8. The highest BCUT2D eigenvalue weighted by atomic mass is 32.2. The molecule has 0 bridgehead atoms. The fourth-order valence-electron chi connectivity index (χ4n) is 2.41. The number of amides is 1. The first kappa shape index (κ1) is 22.0. The lowest BCUT2D eigenvalue weighted by molar-refractivity contribution is -0.384. The number of hydrazone groups is 1. The molecule has 0 aliphatic carbocycles. The van der Waals surface area contributed by atoms with Crippen molar-refractivity contribution in [1.29, 1.82) is 0 Å². The van der Waals surface area contributed by atoms with Crippen LogP contribution in [0.5, 0.6) is 5.75 Å². The lowest BCUT2D eigenvalue weighted by Gasteiger charge is -2.17. The third kappa shape index (κ3) is 5.59. The molecule has 0 fully saturated rings. The molecule has 1 N–H and O–H groups in total. The van der Waals surface area contributed by atoms with Gasteiger partial charge in [-0.05, 0) is 30.7 Å². The Labute approximate surface area is 168 Å². The Morgan fingerprint density at radius 1 is 1.31 bits per heavy atom. The molecule has 11 heteroatoms. The molecule has 10 nitrogen and oxygen atoms in total. The number of hydrogen-bond acceptors (Lipinski definition) is 7. The van der Waals surface area contributed by atoms with Crippen LogP contribution in [0.4, 0.5) is 5.69 Å². The van der Waals surface area contributed by atoms with E-state index in [-0.39, 0.29) is 10.6 Å². The molecule has 0 saturated carbocycles. The van der Waals surface area contributed by atoms with Crippen molar-refractivity contribution in [3.05, 3.63) is 63.7 Å². The normalized spacial score (nSPS) is 11.6. The molecule has 1 amide bonds. The van der Waals surface area contributed by atoms with Crippen molar-refractivity contribution in [2.24, 2.45) is 5.10 Å². The van der Waals surface area contributed by atoms with Gasteiger partial charge in [0.1, 0.15) is 5.75 Å². The average molecular weight is 420 g/mol. The molecular formula is C18H20N4O6S. The first-order valence-electron chi connectivity index (χ1n) is 8.32. The van der Waals surface area contributed by atoms with Crippen molar-refractivity contribution in [2.75, 3.05) is 20.7 Å². The molecule has 2 rings (SSSR count). The van der Waals surface area contributed by atoms with Crippen LogP contribution in [0.2, 0.25) is 0 Å². The zero-order chi connectivity index (χ0) is 21.6. The smallest absolute Gasteiger partial charge is 0.270 e. The lowest BCUT2D eigenvalue weighted by atomic mass is 10.2. The Bertz CT molecular complexity index is 1050. The Morgan fingerprint density at radius 3 is 2.66 bits per heavy atom. The summed E-state index contributed by atoms with van der Waals surface area (Å²) < 4.78 is 31.2. The maximum Gasteiger partial charge on any atom is 0.270 e. The number of aryl methyl sites for hydroxylation is 1. The number of benzene rings is 2. The van der Waals surface area contributed by atoms with Crippen LogP contribution in [0.25, 0.3) is 0 Å². The number of carbonyl (C=O) groups is 1. The number of methoxy groups -OCH3 is 1. The first-order chi connectivity index (χ1) is 13.6. The van der Waals surface area contributed by atoms with Gasteiger partial charge in [-0.2, -0.15) is 9.41 Å². The van der Waals surface area contributed by atoms with Gasteiger partial charge in [0, 0.05) is 24.7 Å². The number of rotatable bonds is 8. The summed E-state index contributed by atoms with van der Waals surface area (Å²) in [7, 11) is -1.12. The van der Waals surface area contributed by atoms with Gasteiger partial charge in [0.2, 0.25) is 10.0 Å². The zero-order valence-electron chi connectivity index (χ0n) is 16.0. The second kappa shape index (κ2) is 9.26. The molecule has 0 atom stereocenters. The van der Waals surface area contributed by atoms with Crippen LogP contribution in [0.1, 0.15) is 11.1 Å².